The second-order valence-electron chi connectivity index (χ2n) is 7.04. The van der Waals surface area contributed by atoms with Crippen LogP contribution in [0.25, 0.3) is 16.6 Å². The molecule has 0 radical (unpaired) electrons. The first-order chi connectivity index (χ1) is 14.4. The van der Waals surface area contributed by atoms with Crippen molar-refractivity contribution in [2.24, 2.45) is 0 Å². The lowest BCUT2D eigenvalue weighted by Crippen LogP contribution is -2.31. The molecule has 8 heteroatoms. The maximum atomic E-state index is 11.7. The van der Waals surface area contributed by atoms with Crippen LogP contribution in [0.5, 0.6) is 0 Å². The summed E-state index contributed by atoms with van der Waals surface area (Å²) in [6, 6.07) is 7.68. The minimum Gasteiger partial charge on any atom is -0.469 e. The highest BCUT2D eigenvalue weighted by Crippen LogP contribution is 2.39. The van der Waals surface area contributed by atoms with Crippen LogP contribution in [-0.4, -0.2) is 49.0 Å². The molecule has 0 N–H and O–H groups in total. The van der Waals surface area contributed by atoms with Crippen molar-refractivity contribution < 1.29 is 14.3 Å². The van der Waals surface area contributed by atoms with Gasteiger partial charge in [-0.05, 0) is 43.7 Å². The fraction of sp³-hybridized carbons (Fsp3) is 0.364. The van der Waals surface area contributed by atoms with Gasteiger partial charge in [-0.2, -0.15) is 5.10 Å². The van der Waals surface area contributed by atoms with Crippen LogP contribution in [0, 0.1) is 0 Å². The van der Waals surface area contributed by atoms with Gasteiger partial charge in [0, 0.05) is 43.2 Å². The summed E-state index contributed by atoms with van der Waals surface area (Å²) in [4.78, 5) is 13.9. The summed E-state index contributed by atoms with van der Waals surface area (Å²) < 4.78 is 11.9. The van der Waals surface area contributed by atoms with Gasteiger partial charge in [-0.1, -0.05) is 23.2 Å². The SMILES string of the molecule is CCN(CC(C)OC)c1cc(Cl)c(-c2ccn3ncc(CC(=O)OC)c3c2)c(Cl)c1. The van der Waals surface area contributed by atoms with Crippen LogP contribution in [0.2, 0.25) is 10.0 Å². The normalized spacial score (nSPS) is 12.2. The Labute approximate surface area is 186 Å². The standard InChI is InChI=1S/C22H25Cl2N3O3/c1-5-26(13-14(2)29-3)17-10-18(23)22(19(24)11-17)15-6-7-27-20(8-15)16(12-25-27)9-21(28)30-4/h6-8,10-12,14H,5,9,13H2,1-4H3. The fourth-order valence-corrected chi connectivity index (χ4v) is 4.06. The van der Waals surface area contributed by atoms with Crippen LogP contribution in [0.4, 0.5) is 5.69 Å². The van der Waals surface area contributed by atoms with Gasteiger partial charge in [0.05, 0.1) is 41.4 Å². The van der Waals surface area contributed by atoms with Crippen molar-refractivity contribution in [3.05, 3.63) is 52.3 Å². The van der Waals surface area contributed by atoms with E-state index in [-0.39, 0.29) is 18.5 Å². The van der Waals surface area contributed by atoms with Gasteiger partial charge in [0.25, 0.3) is 0 Å². The third-order valence-corrected chi connectivity index (χ3v) is 5.70. The van der Waals surface area contributed by atoms with Crippen molar-refractivity contribution in [1.29, 1.82) is 0 Å². The zero-order chi connectivity index (χ0) is 21.8. The number of esters is 1. The number of benzene rings is 1. The first-order valence-corrected chi connectivity index (χ1v) is 10.4. The van der Waals surface area contributed by atoms with E-state index in [1.54, 1.807) is 17.8 Å². The maximum absolute atomic E-state index is 11.7. The van der Waals surface area contributed by atoms with E-state index in [1.165, 1.54) is 7.11 Å². The molecule has 0 saturated heterocycles. The number of ether oxygens (including phenoxy) is 2. The molecule has 1 aromatic carbocycles. The molecule has 0 bridgehead atoms. The highest BCUT2D eigenvalue weighted by Gasteiger charge is 2.17. The van der Waals surface area contributed by atoms with E-state index in [0.29, 0.717) is 10.0 Å². The first kappa shape index (κ1) is 22.4. The number of methoxy groups -OCH3 is 2. The summed E-state index contributed by atoms with van der Waals surface area (Å²) in [5.41, 5.74) is 4.11. The van der Waals surface area contributed by atoms with Crippen molar-refractivity contribution in [1.82, 2.24) is 9.61 Å². The first-order valence-electron chi connectivity index (χ1n) is 9.68. The molecule has 0 aliphatic heterocycles. The Balaban J connectivity index is 2.00. The van der Waals surface area contributed by atoms with E-state index in [9.17, 15) is 4.79 Å². The van der Waals surface area contributed by atoms with Crippen molar-refractivity contribution in [3.8, 4) is 11.1 Å². The van der Waals surface area contributed by atoms with Crippen LogP contribution in [0.15, 0.2) is 36.7 Å². The van der Waals surface area contributed by atoms with Crippen molar-refractivity contribution in [3.63, 3.8) is 0 Å². The summed E-state index contributed by atoms with van der Waals surface area (Å²) in [6.45, 7) is 5.64. The lowest BCUT2D eigenvalue weighted by atomic mass is 10.0. The number of pyridine rings is 1. The Morgan fingerprint density at radius 1 is 1.23 bits per heavy atom. The molecule has 0 spiro atoms. The quantitative estimate of drug-likeness (QED) is 0.458. The van der Waals surface area contributed by atoms with E-state index in [2.05, 4.69) is 16.9 Å². The third kappa shape index (κ3) is 4.72. The number of anilines is 1. The molecule has 3 rings (SSSR count). The van der Waals surface area contributed by atoms with Crippen molar-refractivity contribution in [2.45, 2.75) is 26.4 Å². The molecular formula is C22H25Cl2N3O3. The smallest absolute Gasteiger partial charge is 0.310 e. The predicted molar refractivity (Wildman–Crippen MR) is 121 cm³/mol. The lowest BCUT2D eigenvalue weighted by Gasteiger charge is -2.27. The van der Waals surface area contributed by atoms with Crippen LogP contribution >= 0.6 is 23.2 Å². The number of nitrogens with zero attached hydrogens (tertiary/aromatic N) is 3. The van der Waals surface area contributed by atoms with Gasteiger partial charge in [0.15, 0.2) is 0 Å². The van der Waals surface area contributed by atoms with Gasteiger partial charge in [0.2, 0.25) is 0 Å². The number of aromatic nitrogens is 2. The highest BCUT2D eigenvalue weighted by molar-refractivity contribution is 6.39. The summed E-state index contributed by atoms with van der Waals surface area (Å²) in [6.07, 6.45) is 3.72. The molecule has 3 aromatic rings. The number of fused-ring (bicyclic) bond motifs is 1. The Kier molecular flexibility index (Phi) is 7.23. The van der Waals surface area contributed by atoms with Gasteiger partial charge < -0.3 is 14.4 Å². The molecule has 6 nitrogen and oxygen atoms in total. The molecule has 0 fully saturated rings. The summed E-state index contributed by atoms with van der Waals surface area (Å²) in [7, 11) is 3.07. The second kappa shape index (κ2) is 9.69. The lowest BCUT2D eigenvalue weighted by molar-refractivity contribution is -0.139. The van der Waals surface area contributed by atoms with Crippen LogP contribution in [0.1, 0.15) is 19.4 Å². The molecule has 1 atom stereocenters. The van der Waals surface area contributed by atoms with Crippen molar-refractivity contribution in [2.75, 3.05) is 32.2 Å². The Bertz CT molecular complexity index is 1030. The van der Waals surface area contributed by atoms with E-state index in [0.717, 1.165) is 41.0 Å². The number of hydrogen-bond acceptors (Lipinski definition) is 5. The van der Waals surface area contributed by atoms with Gasteiger partial charge in [0.1, 0.15) is 0 Å². The number of carbonyl (C=O) groups excluding carboxylic acids is 1. The fourth-order valence-electron chi connectivity index (χ4n) is 3.37. The van der Waals surface area contributed by atoms with Gasteiger partial charge >= 0.3 is 5.97 Å². The Hall–Kier alpha value is -2.28. The number of likely N-dealkylation sites (N-methyl/N-ethyl adjacent to an activating group) is 1. The Morgan fingerprint density at radius 3 is 2.53 bits per heavy atom. The maximum Gasteiger partial charge on any atom is 0.310 e. The highest BCUT2D eigenvalue weighted by atomic mass is 35.5. The molecule has 2 heterocycles. The number of rotatable bonds is 8. The van der Waals surface area contributed by atoms with Crippen LogP contribution in [0.3, 0.4) is 0 Å². The molecule has 0 aliphatic rings. The van der Waals surface area contributed by atoms with E-state index >= 15 is 0 Å². The van der Waals surface area contributed by atoms with Crippen LogP contribution < -0.4 is 4.90 Å². The average molecular weight is 450 g/mol. The largest absolute Gasteiger partial charge is 0.469 e. The average Bonchev–Trinajstić information content (AvgIpc) is 3.13. The molecule has 1 unspecified atom stereocenters. The molecule has 160 valence electrons. The van der Waals surface area contributed by atoms with Gasteiger partial charge in [-0.15, -0.1) is 0 Å². The minimum absolute atomic E-state index is 0.0830. The Morgan fingerprint density at radius 2 is 1.93 bits per heavy atom. The van der Waals surface area contributed by atoms with Crippen molar-refractivity contribution >= 4 is 40.4 Å². The predicted octanol–water partition coefficient (Wildman–Crippen LogP) is 4.88. The summed E-state index contributed by atoms with van der Waals surface area (Å²) in [5, 5.41) is 5.40. The zero-order valence-corrected chi connectivity index (χ0v) is 19.0. The molecule has 30 heavy (non-hydrogen) atoms. The van der Waals surface area contributed by atoms with E-state index < -0.39 is 0 Å². The van der Waals surface area contributed by atoms with E-state index in [1.807, 2.05) is 37.4 Å². The number of halogens is 2. The third-order valence-electron chi connectivity index (χ3n) is 5.11. The monoisotopic (exact) mass is 449 g/mol. The van der Waals surface area contributed by atoms with E-state index in [4.69, 9.17) is 32.7 Å². The summed E-state index contributed by atoms with van der Waals surface area (Å²) in [5.74, 6) is -0.319. The molecule has 0 amide bonds. The summed E-state index contributed by atoms with van der Waals surface area (Å²) >= 11 is 13.3. The molecule has 0 saturated carbocycles. The number of carbonyl (C=O) groups is 1. The topological polar surface area (TPSA) is 56.1 Å². The number of hydrogen-bond donors (Lipinski definition) is 0. The van der Waals surface area contributed by atoms with Gasteiger partial charge in [-0.25, -0.2) is 4.52 Å². The molecular weight excluding hydrogens is 425 g/mol. The molecule has 0 aliphatic carbocycles. The molecule has 2 aromatic heterocycles. The zero-order valence-electron chi connectivity index (χ0n) is 17.5. The minimum atomic E-state index is -0.319. The van der Waals surface area contributed by atoms with Crippen LogP contribution in [-0.2, 0) is 20.7 Å². The van der Waals surface area contributed by atoms with Gasteiger partial charge in [-0.3, -0.25) is 4.79 Å². The second-order valence-corrected chi connectivity index (χ2v) is 7.85.